The SMILES string of the molecule is O=C(NCCc1cc2ccc(F)cc2[nH]c1=O)c1ccccc1F. The molecule has 0 radical (unpaired) electrons. The fourth-order valence-electron chi connectivity index (χ4n) is 2.46. The lowest BCUT2D eigenvalue weighted by molar-refractivity contribution is 0.0950. The number of hydrogen-bond donors (Lipinski definition) is 2. The fraction of sp³-hybridized carbons (Fsp3) is 0.111. The molecule has 6 heteroatoms. The van der Waals surface area contributed by atoms with Gasteiger partial charge in [0.2, 0.25) is 0 Å². The standard InChI is InChI=1S/C18H14F2N2O2/c19-13-6-5-11-9-12(17(23)22-16(11)10-13)7-8-21-18(24)14-3-1-2-4-15(14)20/h1-6,9-10H,7-8H2,(H,21,24)(H,22,23). The number of hydrogen-bond acceptors (Lipinski definition) is 2. The van der Waals surface area contributed by atoms with Crippen LogP contribution in [0, 0.1) is 11.6 Å². The summed E-state index contributed by atoms with van der Waals surface area (Å²) in [5, 5.41) is 3.28. The van der Waals surface area contributed by atoms with E-state index in [1.807, 2.05) is 0 Å². The number of pyridine rings is 1. The predicted molar refractivity (Wildman–Crippen MR) is 87.0 cm³/mol. The van der Waals surface area contributed by atoms with Crippen molar-refractivity contribution in [3.05, 3.63) is 81.6 Å². The monoisotopic (exact) mass is 328 g/mol. The zero-order chi connectivity index (χ0) is 17.1. The van der Waals surface area contributed by atoms with Crippen LogP contribution in [-0.4, -0.2) is 17.4 Å². The first-order valence-corrected chi connectivity index (χ1v) is 7.39. The number of amides is 1. The zero-order valence-corrected chi connectivity index (χ0v) is 12.6. The van der Waals surface area contributed by atoms with Gasteiger partial charge in [-0.25, -0.2) is 8.78 Å². The molecule has 0 spiro atoms. The average Bonchev–Trinajstić information content (AvgIpc) is 2.55. The second-order valence-electron chi connectivity index (χ2n) is 5.34. The molecule has 0 saturated heterocycles. The molecule has 2 N–H and O–H groups in total. The Hall–Kier alpha value is -3.02. The first kappa shape index (κ1) is 15.9. The van der Waals surface area contributed by atoms with E-state index in [9.17, 15) is 18.4 Å². The van der Waals surface area contributed by atoms with E-state index < -0.39 is 17.5 Å². The molecule has 3 aromatic rings. The molecule has 1 amide bonds. The predicted octanol–water partition coefficient (Wildman–Crippen LogP) is 2.78. The minimum absolute atomic E-state index is 0.0413. The van der Waals surface area contributed by atoms with Crippen LogP contribution in [0.1, 0.15) is 15.9 Å². The Morgan fingerprint density at radius 3 is 2.67 bits per heavy atom. The van der Waals surface area contributed by atoms with E-state index in [4.69, 9.17) is 0 Å². The van der Waals surface area contributed by atoms with E-state index >= 15 is 0 Å². The summed E-state index contributed by atoms with van der Waals surface area (Å²) in [6, 6.07) is 11.5. The van der Waals surface area contributed by atoms with Gasteiger partial charge in [0.15, 0.2) is 0 Å². The third-order valence-corrected chi connectivity index (χ3v) is 3.68. The van der Waals surface area contributed by atoms with E-state index in [1.54, 1.807) is 18.2 Å². The van der Waals surface area contributed by atoms with Gasteiger partial charge in [-0.3, -0.25) is 9.59 Å². The van der Waals surface area contributed by atoms with Gasteiger partial charge < -0.3 is 10.3 Å². The molecule has 0 saturated carbocycles. The van der Waals surface area contributed by atoms with Gasteiger partial charge in [0, 0.05) is 12.1 Å². The zero-order valence-electron chi connectivity index (χ0n) is 12.6. The number of aromatic nitrogens is 1. The minimum atomic E-state index is -0.597. The molecule has 122 valence electrons. The molecule has 0 aliphatic rings. The van der Waals surface area contributed by atoms with Crippen molar-refractivity contribution in [3.63, 3.8) is 0 Å². The lowest BCUT2D eigenvalue weighted by Crippen LogP contribution is -2.28. The van der Waals surface area contributed by atoms with E-state index in [0.717, 1.165) is 0 Å². The fourth-order valence-corrected chi connectivity index (χ4v) is 2.46. The number of aromatic amines is 1. The molecular formula is C18H14F2N2O2. The van der Waals surface area contributed by atoms with Crippen molar-refractivity contribution in [2.45, 2.75) is 6.42 Å². The van der Waals surface area contributed by atoms with Crippen LogP contribution in [0.4, 0.5) is 8.78 Å². The second kappa shape index (κ2) is 6.62. The van der Waals surface area contributed by atoms with Crippen LogP contribution < -0.4 is 10.9 Å². The number of nitrogens with one attached hydrogen (secondary N) is 2. The number of fused-ring (bicyclic) bond motifs is 1. The normalized spacial score (nSPS) is 10.8. The molecule has 2 aromatic carbocycles. The Morgan fingerprint density at radius 2 is 1.88 bits per heavy atom. The number of halogens is 2. The van der Waals surface area contributed by atoms with Crippen molar-refractivity contribution in [2.75, 3.05) is 6.54 Å². The third-order valence-electron chi connectivity index (χ3n) is 3.68. The second-order valence-corrected chi connectivity index (χ2v) is 5.34. The molecule has 24 heavy (non-hydrogen) atoms. The quantitative estimate of drug-likeness (QED) is 0.773. The van der Waals surface area contributed by atoms with Crippen LogP contribution in [0.15, 0.2) is 53.3 Å². The largest absolute Gasteiger partial charge is 0.352 e. The number of benzene rings is 2. The van der Waals surface area contributed by atoms with Crippen molar-refractivity contribution in [1.82, 2.24) is 10.3 Å². The first-order chi connectivity index (χ1) is 11.5. The third kappa shape index (κ3) is 3.32. The Morgan fingerprint density at radius 1 is 1.08 bits per heavy atom. The molecule has 0 aliphatic heterocycles. The van der Waals surface area contributed by atoms with E-state index in [1.165, 1.54) is 30.3 Å². The van der Waals surface area contributed by atoms with Crippen LogP contribution in [0.5, 0.6) is 0 Å². The topological polar surface area (TPSA) is 62.0 Å². The summed E-state index contributed by atoms with van der Waals surface area (Å²) in [5.41, 5.74) is 0.496. The van der Waals surface area contributed by atoms with E-state index in [2.05, 4.69) is 10.3 Å². The molecule has 1 aromatic heterocycles. The highest BCUT2D eigenvalue weighted by Gasteiger charge is 2.10. The summed E-state index contributed by atoms with van der Waals surface area (Å²) in [7, 11) is 0. The van der Waals surface area contributed by atoms with Crippen LogP contribution in [0.25, 0.3) is 10.9 Å². The molecule has 0 unspecified atom stereocenters. The summed E-state index contributed by atoms with van der Waals surface area (Å²) in [4.78, 5) is 26.5. The highest BCUT2D eigenvalue weighted by atomic mass is 19.1. The molecular weight excluding hydrogens is 314 g/mol. The summed E-state index contributed by atoms with van der Waals surface area (Å²) in [6.45, 7) is 0.183. The van der Waals surface area contributed by atoms with Gasteiger partial charge in [-0.2, -0.15) is 0 Å². The van der Waals surface area contributed by atoms with Gasteiger partial charge in [0.05, 0.1) is 11.1 Å². The van der Waals surface area contributed by atoms with Gasteiger partial charge in [-0.05, 0) is 48.2 Å². The van der Waals surface area contributed by atoms with Crippen LogP contribution >= 0.6 is 0 Å². The summed E-state index contributed by atoms with van der Waals surface area (Å²) < 4.78 is 26.7. The lowest BCUT2D eigenvalue weighted by Gasteiger charge is -2.07. The number of rotatable bonds is 4. The molecule has 0 fully saturated rings. The molecule has 0 aliphatic carbocycles. The highest BCUT2D eigenvalue weighted by Crippen LogP contribution is 2.13. The van der Waals surface area contributed by atoms with Gasteiger partial charge in [0.25, 0.3) is 11.5 Å². The minimum Gasteiger partial charge on any atom is -0.352 e. The number of carbonyl (C=O) groups is 1. The summed E-state index contributed by atoms with van der Waals surface area (Å²) >= 11 is 0. The molecule has 0 bridgehead atoms. The molecule has 0 atom stereocenters. The van der Waals surface area contributed by atoms with Gasteiger partial charge in [-0.1, -0.05) is 12.1 Å². The Bertz CT molecular complexity index is 967. The smallest absolute Gasteiger partial charge is 0.254 e. The van der Waals surface area contributed by atoms with Gasteiger partial charge >= 0.3 is 0 Å². The van der Waals surface area contributed by atoms with Crippen molar-refractivity contribution in [1.29, 1.82) is 0 Å². The number of H-pyrrole nitrogens is 1. The van der Waals surface area contributed by atoms with Crippen LogP contribution in [0.3, 0.4) is 0 Å². The molecule has 4 nitrogen and oxygen atoms in total. The first-order valence-electron chi connectivity index (χ1n) is 7.39. The maximum Gasteiger partial charge on any atom is 0.254 e. The Labute approximate surface area is 136 Å². The van der Waals surface area contributed by atoms with E-state index in [-0.39, 0.29) is 24.1 Å². The Balaban J connectivity index is 1.71. The summed E-state index contributed by atoms with van der Waals surface area (Å²) in [5.74, 6) is -1.56. The van der Waals surface area contributed by atoms with Crippen LogP contribution in [-0.2, 0) is 6.42 Å². The van der Waals surface area contributed by atoms with Crippen molar-refractivity contribution in [3.8, 4) is 0 Å². The lowest BCUT2D eigenvalue weighted by atomic mass is 10.1. The van der Waals surface area contributed by atoms with Crippen molar-refractivity contribution < 1.29 is 13.6 Å². The maximum absolute atomic E-state index is 13.5. The van der Waals surface area contributed by atoms with Crippen molar-refractivity contribution >= 4 is 16.8 Å². The Kier molecular flexibility index (Phi) is 4.37. The van der Waals surface area contributed by atoms with Crippen LogP contribution in [0.2, 0.25) is 0 Å². The van der Waals surface area contributed by atoms with E-state index in [0.29, 0.717) is 16.5 Å². The van der Waals surface area contributed by atoms with Crippen molar-refractivity contribution in [2.24, 2.45) is 0 Å². The molecule has 1 heterocycles. The van der Waals surface area contributed by atoms with Gasteiger partial charge in [0.1, 0.15) is 11.6 Å². The average molecular weight is 328 g/mol. The highest BCUT2D eigenvalue weighted by molar-refractivity contribution is 5.94. The number of carbonyl (C=O) groups excluding carboxylic acids is 1. The maximum atomic E-state index is 13.5. The summed E-state index contributed by atoms with van der Waals surface area (Å²) in [6.07, 6.45) is 0.281. The van der Waals surface area contributed by atoms with Gasteiger partial charge in [-0.15, -0.1) is 0 Å². The molecule has 3 rings (SSSR count).